The van der Waals surface area contributed by atoms with Crippen LogP contribution in [0.25, 0.3) is 0 Å². The van der Waals surface area contributed by atoms with Crippen molar-refractivity contribution in [3.8, 4) is 5.75 Å². The van der Waals surface area contributed by atoms with Gasteiger partial charge in [-0.2, -0.15) is 0 Å². The molecule has 13 heteroatoms. The molecular formula is C34H37N5O8. The van der Waals surface area contributed by atoms with Crippen LogP contribution < -0.4 is 20.7 Å². The highest BCUT2D eigenvalue weighted by Gasteiger charge is 2.61. The lowest BCUT2D eigenvalue weighted by atomic mass is 9.72. The van der Waals surface area contributed by atoms with Crippen LogP contribution in [0.15, 0.2) is 51.9 Å². The molecule has 3 aromatic rings. The van der Waals surface area contributed by atoms with Crippen molar-refractivity contribution in [2.24, 2.45) is 16.8 Å². The van der Waals surface area contributed by atoms with E-state index < -0.39 is 53.7 Å². The Hall–Kier alpha value is -4.91. The molecule has 0 saturated heterocycles. The van der Waals surface area contributed by atoms with Crippen LogP contribution in [0.2, 0.25) is 0 Å². The number of esters is 1. The lowest BCUT2D eigenvalue weighted by Crippen LogP contribution is -2.52. The fourth-order valence-electron chi connectivity index (χ4n) is 6.77. The van der Waals surface area contributed by atoms with Gasteiger partial charge in [-0.15, -0.1) is 0 Å². The number of para-hydroxylation sites is 1. The van der Waals surface area contributed by atoms with E-state index in [9.17, 15) is 19.5 Å². The van der Waals surface area contributed by atoms with Gasteiger partial charge in [0.15, 0.2) is 23.7 Å². The highest BCUT2D eigenvalue weighted by atomic mass is 16.5. The molecule has 0 fully saturated rings. The van der Waals surface area contributed by atoms with E-state index in [1.165, 1.54) is 7.11 Å². The number of aromatic nitrogens is 1. The van der Waals surface area contributed by atoms with E-state index in [0.717, 1.165) is 22.4 Å². The first-order valence-corrected chi connectivity index (χ1v) is 15.8. The number of ether oxygens (including phenoxy) is 3. The number of anilines is 1. The van der Waals surface area contributed by atoms with E-state index in [2.05, 4.69) is 20.9 Å². The van der Waals surface area contributed by atoms with E-state index in [1.807, 2.05) is 56.3 Å². The normalized spacial score (nSPS) is 26.0. The molecule has 1 aromatic heterocycles. The second-order valence-electron chi connectivity index (χ2n) is 13.0. The highest BCUT2D eigenvalue weighted by Crippen LogP contribution is 2.58. The summed E-state index contributed by atoms with van der Waals surface area (Å²) in [5.74, 6) is -0.895. The molecule has 5 heterocycles. The number of nitrogens with one attached hydrogen (secondary N) is 3. The Labute approximate surface area is 271 Å². The molecule has 4 aliphatic rings. The summed E-state index contributed by atoms with van der Waals surface area (Å²) in [7, 11) is 1.29. The van der Waals surface area contributed by atoms with E-state index in [1.54, 1.807) is 13.8 Å². The number of oxazole rings is 1. The third kappa shape index (κ3) is 4.82. The minimum atomic E-state index is -1.29. The van der Waals surface area contributed by atoms with Crippen molar-refractivity contribution in [3.63, 3.8) is 0 Å². The van der Waals surface area contributed by atoms with E-state index in [0.29, 0.717) is 11.5 Å². The number of carbonyl (C=O) groups is 3. The molecule has 2 amide bonds. The Morgan fingerprint density at radius 2 is 1.89 bits per heavy atom. The molecule has 6 atom stereocenters. The molecule has 7 rings (SSSR count). The van der Waals surface area contributed by atoms with Crippen molar-refractivity contribution in [2.45, 2.75) is 70.0 Å². The number of hydrogen-bond acceptors (Lipinski definition) is 11. The fourth-order valence-corrected chi connectivity index (χ4v) is 6.77. The van der Waals surface area contributed by atoms with E-state index >= 15 is 0 Å². The molecule has 2 aromatic carbocycles. The summed E-state index contributed by atoms with van der Waals surface area (Å²) < 4.78 is 24.2. The van der Waals surface area contributed by atoms with Crippen LogP contribution >= 0.6 is 0 Å². The SMILES string of the molecule is COC(=O)[C@@H]1COC(c2nc3oc2C24c5ccccc5N[C@H]2Oc2ccc(cc24)C[C@H](NC(=O)[C@@H](O)C(C)C)C(=O)N[C@H]3C(C)C)=N1. The zero-order valence-corrected chi connectivity index (χ0v) is 26.7. The summed E-state index contributed by atoms with van der Waals surface area (Å²) in [5.41, 5.74) is 2.43. The third-order valence-corrected chi connectivity index (χ3v) is 9.28. The number of rotatable bonds is 6. The molecule has 246 valence electrons. The average molecular weight is 644 g/mol. The molecule has 1 spiro atoms. The summed E-state index contributed by atoms with van der Waals surface area (Å²) in [6.07, 6.45) is -1.79. The van der Waals surface area contributed by atoms with Crippen molar-refractivity contribution in [1.29, 1.82) is 0 Å². The maximum absolute atomic E-state index is 14.0. The number of aliphatic hydroxyl groups excluding tert-OH is 1. The topological polar surface area (TPSA) is 174 Å². The smallest absolute Gasteiger partial charge is 0.334 e. The largest absolute Gasteiger partial charge is 0.473 e. The van der Waals surface area contributed by atoms with Gasteiger partial charge in [-0.05, 0) is 35.1 Å². The van der Waals surface area contributed by atoms with Gasteiger partial charge < -0.3 is 39.7 Å². The van der Waals surface area contributed by atoms with Crippen molar-refractivity contribution < 1.29 is 38.1 Å². The van der Waals surface area contributed by atoms with Gasteiger partial charge in [0.2, 0.25) is 23.6 Å². The number of carbonyl (C=O) groups excluding carboxylic acids is 3. The van der Waals surface area contributed by atoms with Crippen LogP contribution in [-0.2, 0) is 35.7 Å². The monoisotopic (exact) mass is 643 g/mol. The third-order valence-electron chi connectivity index (χ3n) is 9.28. The number of aliphatic imine (C=N–C) groups is 1. The van der Waals surface area contributed by atoms with Gasteiger partial charge >= 0.3 is 5.97 Å². The van der Waals surface area contributed by atoms with Crippen molar-refractivity contribution >= 4 is 29.4 Å². The lowest BCUT2D eigenvalue weighted by Gasteiger charge is -2.29. The summed E-state index contributed by atoms with van der Waals surface area (Å²) in [6, 6.07) is 10.8. The first-order valence-electron chi connectivity index (χ1n) is 15.8. The Morgan fingerprint density at radius 3 is 2.64 bits per heavy atom. The number of benzene rings is 2. The van der Waals surface area contributed by atoms with Crippen LogP contribution in [-0.4, -0.2) is 71.9 Å². The highest BCUT2D eigenvalue weighted by molar-refractivity contribution is 5.98. The van der Waals surface area contributed by atoms with Gasteiger partial charge in [-0.25, -0.2) is 14.8 Å². The maximum atomic E-state index is 14.0. The van der Waals surface area contributed by atoms with Crippen LogP contribution in [0.4, 0.5) is 5.69 Å². The van der Waals surface area contributed by atoms with Gasteiger partial charge in [0.1, 0.15) is 36.0 Å². The van der Waals surface area contributed by atoms with Crippen molar-refractivity contribution in [2.75, 3.05) is 19.0 Å². The quantitative estimate of drug-likeness (QED) is 0.292. The number of aliphatic hydroxyl groups is 1. The number of fused-ring (bicyclic) bond motifs is 4. The molecule has 13 nitrogen and oxygen atoms in total. The minimum absolute atomic E-state index is 0.0277. The minimum Gasteiger partial charge on any atom is -0.473 e. The first-order chi connectivity index (χ1) is 22.5. The van der Waals surface area contributed by atoms with Gasteiger partial charge in [-0.3, -0.25) is 9.59 Å². The Bertz CT molecular complexity index is 1800. The second-order valence-corrected chi connectivity index (χ2v) is 13.0. The number of hydrogen-bond donors (Lipinski definition) is 4. The zero-order valence-electron chi connectivity index (χ0n) is 26.7. The van der Waals surface area contributed by atoms with Crippen LogP contribution in [0.1, 0.15) is 67.8 Å². The molecule has 1 unspecified atom stereocenters. The van der Waals surface area contributed by atoms with Gasteiger partial charge in [0.05, 0.1) is 7.11 Å². The Morgan fingerprint density at radius 1 is 1.11 bits per heavy atom. The number of methoxy groups -OCH3 is 1. The lowest BCUT2D eigenvalue weighted by molar-refractivity contribution is -0.142. The standard InChI is InChI=1S/C34H37N5O8/c1-15(2)24-31-39-25(30-36-22(14-45-30)32(43)44-5)27(47-31)34-18-8-6-7-9-20(18)37-33(34)46-23-11-10-17(12-19(23)34)13-21(28(41)38-24)35-29(42)26(40)16(3)4/h6-12,15-16,21-22,24,26,33,37,40H,13-14H2,1-5H3,(H,35,42)(H,38,41)/t21-,22-,24-,26-,33-,34?/m0/s1. The fraction of sp³-hybridized carbons (Fsp3) is 0.441. The summed E-state index contributed by atoms with van der Waals surface area (Å²) in [5, 5.41) is 19.8. The predicted molar refractivity (Wildman–Crippen MR) is 168 cm³/mol. The van der Waals surface area contributed by atoms with Gasteiger partial charge in [0.25, 0.3) is 0 Å². The number of nitrogens with zero attached hydrogens (tertiary/aromatic N) is 2. The Balaban J connectivity index is 1.46. The average Bonchev–Trinajstić information content (AvgIpc) is 3.83. The van der Waals surface area contributed by atoms with Crippen LogP contribution in [0, 0.1) is 11.8 Å². The summed E-state index contributed by atoms with van der Waals surface area (Å²) in [6.45, 7) is 7.27. The molecule has 47 heavy (non-hydrogen) atoms. The molecule has 0 saturated carbocycles. The second kappa shape index (κ2) is 11.4. The van der Waals surface area contributed by atoms with Crippen LogP contribution in [0.5, 0.6) is 5.75 Å². The molecule has 4 aliphatic heterocycles. The van der Waals surface area contributed by atoms with Gasteiger partial charge in [0, 0.05) is 17.7 Å². The molecule has 4 bridgehead atoms. The van der Waals surface area contributed by atoms with Crippen LogP contribution in [0.3, 0.4) is 0 Å². The van der Waals surface area contributed by atoms with Crippen molar-refractivity contribution in [3.05, 3.63) is 76.5 Å². The predicted octanol–water partition coefficient (Wildman–Crippen LogP) is 2.34. The molecule has 4 N–H and O–H groups in total. The summed E-state index contributed by atoms with van der Waals surface area (Å²) >= 11 is 0. The van der Waals surface area contributed by atoms with Crippen molar-refractivity contribution in [1.82, 2.24) is 15.6 Å². The molecule has 0 radical (unpaired) electrons. The first kappa shape index (κ1) is 30.7. The van der Waals surface area contributed by atoms with E-state index in [4.69, 9.17) is 23.6 Å². The molecule has 0 aliphatic carbocycles. The summed E-state index contributed by atoms with van der Waals surface area (Å²) in [4.78, 5) is 48.9. The molecular weight excluding hydrogens is 606 g/mol. The Kier molecular flexibility index (Phi) is 7.46. The zero-order chi connectivity index (χ0) is 33.2. The maximum Gasteiger partial charge on any atom is 0.334 e. The van der Waals surface area contributed by atoms with E-state index in [-0.39, 0.29) is 42.3 Å². The number of amides is 2. The van der Waals surface area contributed by atoms with Gasteiger partial charge in [-0.1, -0.05) is 58.0 Å².